The van der Waals surface area contributed by atoms with Gasteiger partial charge in [0.15, 0.2) is 11.9 Å². The number of aromatic amines is 1. The lowest BCUT2D eigenvalue weighted by Gasteiger charge is -2.25. The maximum Gasteiger partial charge on any atom is 0.243 e. The van der Waals surface area contributed by atoms with Gasteiger partial charge < -0.3 is 49.6 Å². The highest BCUT2D eigenvalue weighted by Gasteiger charge is 2.29. The Hall–Kier alpha value is -4.82. The number of para-hydroxylation sites is 1. The van der Waals surface area contributed by atoms with Crippen LogP contribution < -0.4 is 44.6 Å². The molecule has 0 saturated heterocycles. The second-order valence-electron chi connectivity index (χ2n) is 14.8. The van der Waals surface area contributed by atoms with Gasteiger partial charge in [0, 0.05) is 43.0 Å². The standard InChI is InChI=1S/C41H71N11O4/c1-2-3-4-5-6-7-8-9-10-11-12-13-14-15-16-25-36(53)50-35(28-30-29-49-32-22-18-17-21-31(30)32)39(56)52-34(24-20-27-48-41(45)46)38(55)51-33(37(42)54)23-19-26-47-40(43)44/h17-18,21-22,29,33-35,49H,2-16,19-20,23-28H2,1H3,(H2,42,54)(H,50,53)(H,51,55)(H,52,56)(H4,43,44,47)(H4,45,46,48)/t33-,34-,35-/m0/s1. The number of primary amides is 1. The topological polar surface area (TPSA) is 275 Å². The summed E-state index contributed by atoms with van der Waals surface area (Å²) in [5.74, 6) is -2.30. The molecule has 0 radical (unpaired) electrons. The fraction of sp³-hybridized carbons (Fsp3) is 0.659. The number of carbonyl (C=O) groups excluding carboxylic acids is 4. The van der Waals surface area contributed by atoms with Crippen LogP contribution in [0.5, 0.6) is 0 Å². The van der Waals surface area contributed by atoms with Crippen molar-refractivity contribution in [2.75, 3.05) is 13.1 Å². The number of aromatic nitrogens is 1. The minimum absolute atomic E-state index is 0.0858. The Morgan fingerprint density at radius 1 is 0.607 bits per heavy atom. The van der Waals surface area contributed by atoms with Crippen LogP contribution in [0.4, 0.5) is 0 Å². The average molecular weight is 782 g/mol. The molecule has 15 nitrogen and oxygen atoms in total. The third kappa shape index (κ3) is 20.7. The van der Waals surface area contributed by atoms with Gasteiger partial charge in [-0.3, -0.25) is 29.2 Å². The fourth-order valence-electron chi connectivity index (χ4n) is 6.76. The van der Waals surface area contributed by atoms with Crippen molar-refractivity contribution < 1.29 is 19.2 Å². The number of guanidine groups is 2. The van der Waals surface area contributed by atoms with Crippen LogP contribution in [0, 0.1) is 0 Å². The molecule has 56 heavy (non-hydrogen) atoms. The second kappa shape index (κ2) is 28.6. The van der Waals surface area contributed by atoms with Crippen LogP contribution in [-0.2, 0) is 25.6 Å². The van der Waals surface area contributed by atoms with Crippen molar-refractivity contribution >= 4 is 46.5 Å². The van der Waals surface area contributed by atoms with Gasteiger partial charge in [0.2, 0.25) is 23.6 Å². The number of nitrogens with zero attached hydrogens (tertiary/aromatic N) is 2. The molecule has 3 atom stereocenters. The Morgan fingerprint density at radius 2 is 1.09 bits per heavy atom. The van der Waals surface area contributed by atoms with E-state index in [4.69, 9.17) is 28.7 Å². The number of benzene rings is 1. The number of hydrogen-bond acceptors (Lipinski definition) is 6. The first-order chi connectivity index (χ1) is 27.0. The maximum absolute atomic E-state index is 14.0. The Bertz CT molecular complexity index is 1500. The molecule has 14 N–H and O–H groups in total. The average Bonchev–Trinajstić information content (AvgIpc) is 3.57. The van der Waals surface area contributed by atoms with Crippen molar-refractivity contribution in [3.63, 3.8) is 0 Å². The molecule has 2 rings (SSSR count). The highest BCUT2D eigenvalue weighted by Crippen LogP contribution is 2.20. The molecule has 0 aliphatic rings. The van der Waals surface area contributed by atoms with Crippen LogP contribution >= 0.6 is 0 Å². The van der Waals surface area contributed by atoms with E-state index in [-0.39, 0.29) is 50.2 Å². The van der Waals surface area contributed by atoms with Gasteiger partial charge in [-0.25, -0.2) is 0 Å². The summed E-state index contributed by atoms with van der Waals surface area (Å²) in [6, 6.07) is 4.64. The quantitative estimate of drug-likeness (QED) is 0.0296. The third-order valence-electron chi connectivity index (χ3n) is 9.94. The van der Waals surface area contributed by atoms with Crippen LogP contribution in [0.15, 0.2) is 40.4 Å². The van der Waals surface area contributed by atoms with Crippen LogP contribution in [0.3, 0.4) is 0 Å². The van der Waals surface area contributed by atoms with E-state index in [9.17, 15) is 19.2 Å². The summed E-state index contributed by atoms with van der Waals surface area (Å²) in [6.07, 6.45) is 21.8. The molecule has 0 spiro atoms. The summed E-state index contributed by atoms with van der Waals surface area (Å²) in [7, 11) is 0. The molecular formula is C41H71N11O4. The number of hydrogen-bond donors (Lipinski definition) is 9. The van der Waals surface area contributed by atoms with Gasteiger partial charge in [-0.15, -0.1) is 0 Å². The number of unbranched alkanes of at least 4 members (excludes halogenated alkanes) is 14. The summed E-state index contributed by atoms with van der Waals surface area (Å²) in [5, 5.41) is 9.36. The first-order valence-corrected chi connectivity index (χ1v) is 20.9. The smallest absolute Gasteiger partial charge is 0.243 e. The second-order valence-corrected chi connectivity index (χ2v) is 14.8. The van der Waals surface area contributed by atoms with Gasteiger partial charge in [-0.1, -0.05) is 115 Å². The van der Waals surface area contributed by atoms with E-state index in [0.29, 0.717) is 19.3 Å². The lowest BCUT2D eigenvalue weighted by molar-refractivity contribution is -0.133. The number of nitrogens with two attached hydrogens (primary N) is 5. The number of aliphatic imine (C=N–C) groups is 2. The Kier molecular flexibility index (Phi) is 24.1. The first-order valence-electron chi connectivity index (χ1n) is 20.9. The molecule has 2 aromatic rings. The molecule has 0 unspecified atom stereocenters. The molecule has 0 bridgehead atoms. The molecule has 0 saturated carbocycles. The minimum atomic E-state index is -1.07. The van der Waals surface area contributed by atoms with E-state index in [1.165, 1.54) is 70.6 Å². The van der Waals surface area contributed by atoms with Crippen molar-refractivity contribution in [1.29, 1.82) is 0 Å². The Morgan fingerprint density at radius 3 is 1.62 bits per heavy atom. The Labute approximate surface area is 333 Å². The molecule has 15 heteroatoms. The lowest BCUT2D eigenvalue weighted by Crippen LogP contribution is -2.56. The molecule has 1 aromatic carbocycles. The maximum atomic E-state index is 14.0. The highest BCUT2D eigenvalue weighted by atomic mass is 16.2. The van der Waals surface area contributed by atoms with E-state index >= 15 is 0 Å². The molecule has 4 amide bonds. The summed E-state index contributed by atoms with van der Waals surface area (Å²) >= 11 is 0. The van der Waals surface area contributed by atoms with Crippen LogP contribution in [0.25, 0.3) is 10.9 Å². The van der Waals surface area contributed by atoms with Crippen molar-refractivity contribution in [3.8, 4) is 0 Å². The van der Waals surface area contributed by atoms with E-state index < -0.39 is 35.8 Å². The third-order valence-corrected chi connectivity index (χ3v) is 9.94. The van der Waals surface area contributed by atoms with Gasteiger partial charge in [-0.2, -0.15) is 0 Å². The zero-order chi connectivity index (χ0) is 41.0. The van der Waals surface area contributed by atoms with E-state index in [1.807, 2.05) is 30.5 Å². The molecule has 1 heterocycles. The van der Waals surface area contributed by atoms with E-state index in [2.05, 4.69) is 37.8 Å². The van der Waals surface area contributed by atoms with Gasteiger partial charge in [-0.05, 0) is 43.7 Å². The minimum Gasteiger partial charge on any atom is -0.370 e. The van der Waals surface area contributed by atoms with Crippen LogP contribution in [-0.4, -0.2) is 71.7 Å². The first kappa shape index (κ1) is 47.3. The molecule has 0 aliphatic carbocycles. The van der Waals surface area contributed by atoms with Crippen LogP contribution in [0.2, 0.25) is 0 Å². The van der Waals surface area contributed by atoms with E-state index in [0.717, 1.165) is 42.1 Å². The molecule has 1 aromatic heterocycles. The fourth-order valence-corrected chi connectivity index (χ4v) is 6.76. The van der Waals surface area contributed by atoms with Crippen molar-refractivity contribution in [1.82, 2.24) is 20.9 Å². The molecule has 314 valence electrons. The van der Waals surface area contributed by atoms with Gasteiger partial charge in [0.25, 0.3) is 0 Å². The number of amides is 4. The summed E-state index contributed by atoms with van der Waals surface area (Å²) in [6.45, 7) is 2.71. The van der Waals surface area contributed by atoms with Crippen molar-refractivity contribution in [3.05, 3.63) is 36.0 Å². The zero-order valence-corrected chi connectivity index (χ0v) is 33.8. The highest BCUT2D eigenvalue weighted by molar-refractivity contribution is 5.94. The van der Waals surface area contributed by atoms with Gasteiger partial charge in [0.05, 0.1) is 0 Å². The van der Waals surface area contributed by atoms with E-state index in [1.54, 1.807) is 0 Å². The molecular weight excluding hydrogens is 711 g/mol. The van der Waals surface area contributed by atoms with Crippen molar-refractivity contribution in [2.24, 2.45) is 38.7 Å². The normalized spacial score (nSPS) is 12.7. The van der Waals surface area contributed by atoms with Gasteiger partial charge in [0.1, 0.15) is 18.1 Å². The number of H-pyrrole nitrogens is 1. The SMILES string of the molecule is CCCCCCCCCCCCCCCCCC(=O)N[C@@H](Cc1c[nH]c2ccccc12)C(=O)N[C@@H](CCCN=C(N)N)C(=O)N[C@@H](CCCN=C(N)N)C(N)=O. The zero-order valence-electron chi connectivity index (χ0n) is 33.8. The number of nitrogens with one attached hydrogen (secondary N) is 4. The van der Waals surface area contributed by atoms with Gasteiger partial charge >= 0.3 is 0 Å². The number of fused-ring (bicyclic) bond motifs is 1. The lowest BCUT2D eigenvalue weighted by atomic mass is 10.0. The van der Waals surface area contributed by atoms with Crippen molar-refractivity contribution in [2.45, 2.75) is 160 Å². The van der Waals surface area contributed by atoms with Crippen LogP contribution in [0.1, 0.15) is 141 Å². The summed E-state index contributed by atoms with van der Waals surface area (Å²) in [5.41, 5.74) is 29.1. The monoisotopic (exact) mass is 782 g/mol. The predicted octanol–water partition coefficient (Wildman–Crippen LogP) is 4.02. The number of rotatable bonds is 32. The largest absolute Gasteiger partial charge is 0.370 e. The summed E-state index contributed by atoms with van der Waals surface area (Å²) in [4.78, 5) is 64.2. The number of carbonyl (C=O) groups is 4. The predicted molar refractivity (Wildman–Crippen MR) is 226 cm³/mol. The molecule has 0 fully saturated rings. The molecule has 0 aliphatic heterocycles. The Balaban J connectivity index is 2.00. The summed E-state index contributed by atoms with van der Waals surface area (Å²) < 4.78 is 0.